The zero-order valence-corrected chi connectivity index (χ0v) is 16.0. The van der Waals surface area contributed by atoms with E-state index >= 15 is 0 Å². The molecule has 0 bridgehead atoms. The van der Waals surface area contributed by atoms with Crippen molar-refractivity contribution in [3.05, 3.63) is 11.8 Å². The van der Waals surface area contributed by atoms with Gasteiger partial charge in [0.1, 0.15) is 11.4 Å². The minimum absolute atomic E-state index is 0.151. The lowest BCUT2D eigenvalue weighted by Crippen LogP contribution is -2.45. The van der Waals surface area contributed by atoms with E-state index in [1.807, 2.05) is 41.5 Å². The van der Waals surface area contributed by atoms with Gasteiger partial charge in [-0.1, -0.05) is 25.9 Å². The van der Waals surface area contributed by atoms with E-state index in [9.17, 15) is 9.59 Å². The van der Waals surface area contributed by atoms with Crippen LogP contribution in [0.25, 0.3) is 0 Å². The smallest absolute Gasteiger partial charge is 0.410 e. The first-order chi connectivity index (χ1) is 11.5. The normalized spacial score (nSPS) is 18.8. The van der Waals surface area contributed by atoms with Gasteiger partial charge in [-0.25, -0.2) is 4.79 Å². The molecule has 2 rings (SSSR count). The fraction of sp³-hybridized carbons (Fsp3) is 0.722. The third-order valence-corrected chi connectivity index (χ3v) is 3.94. The molecule has 1 aromatic rings. The molecule has 2 amide bonds. The highest BCUT2D eigenvalue weighted by Gasteiger charge is 2.31. The summed E-state index contributed by atoms with van der Waals surface area (Å²) in [6, 6.07) is 1.74. The largest absolute Gasteiger partial charge is 0.444 e. The molecule has 1 aliphatic rings. The van der Waals surface area contributed by atoms with E-state index in [-0.39, 0.29) is 23.3 Å². The Morgan fingerprint density at radius 1 is 1.28 bits per heavy atom. The predicted octanol–water partition coefficient (Wildman–Crippen LogP) is 3.56. The van der Waals surface area contributed by atoms with E-state index in [0.29, 0.717) is 24.7 Å². The van der Waals surface area contributed by atoms with E-state index in [1.165, 1.54) is 0 Å². The molecule has 0 saturated carbocycles. The van der Waals surface area contributed by atoms with Crippen LogP contribution < -0.4 is 5.32 Å². The maximum Gasteiger partial charge on any atom is 0.410 e. The molecule has 1 unspecified atom stereocenters. The fourth-order valence-corrected chi connectivity index (χ4v) is 2.60. The second-order valence-corrected chi connectivity index (χ2v) is 8.58. The third-order valence-electron chi connectivity index (χ3n) is 3.94. The van der Waals surface area contributed by atoms with Gasteiger partial charge in [-0.2, -0.15) is 0 Å². The first-order valence-corrected chi connectivity index (χ1v) is 8.72. The number of nitrogens with one attached hydrogen (secondary N) is 1. The summed E-state index contributed by atoms with van der Waals surface area (Å²) in [5.41, 5.74) is -0.718. The monoisotopic (exact) mass is 351 g/mol. The lowest BCUT2D eigenvalue weighted by Gasteiger charge is -2.33. The second-order valence-electron chi connectivity index (χ2n) is 8.58. The average molecular weight is 351 g/mol. The Labute approximate surface area is 149 Å². The van der Waals surface area contributed by atoms with Crippen LogP contribution in [0, 0.1) is 5.92 Å². The predicted molar refractivity (Wildman–Crippen MR) is 94.4 cm³/mol. The number of hydrogen-bond acceptors (Lipinski definition) is 5. The molecule has 0 aliphatic carbocycles. The topological polar surface area (TPSA) is 84.7 Å². The van der Waals surface area contributed by atoms with Crippen LogP contribution in [0.4, 0.5) is 10.6 Å². The first kappa shape index (κ1) is 19.3. The van der Waals surface area contributed by atoms with Crippen LogP contribution in [-0.4, -0.2) is 40.7 Å². The van der Waals surface area contributed by atoms with E-state index < -0.39 is 5.60 Å². The molecule has 0 aromatic carbocycles. The third kappa shape index (κ3) is 5.47. The Balaban J connectivity index is 1.95. The van der Waals surface area contributed by atoms with Gasteiger partial charge in [-0.3, -0.25) is 4.79 Å². The van der Waals surface area contributed by atoms with Crippen molar-refractivity contribution >= 4 is 17.8 Å². The van der Waals surface area contributed by atoms with Gasteiger partial charge in [-0.15, -0.1) is 0 Å². The molecule has 7 heteroatoms. The van der Waals surface area contributed by atoms with E-state index in [1.54, 1.807) is 11.0 Å². The molecule has 7 nitrogen and oxygen atoms in total. The van der Waals surface area contributed by atoms with Gasteiger partial charge < -0.3 is 19.5 Å². The van der Waals surface area contributed by atoms with Crippen molar-refractivity contribution in [1.82, 2.24) is 10.1 Å². The first-order valence-electron chi connectivity index (χ1n) is 8.72. The van der Waals surface area contributed by atoms with Crippen LogP contribution in [0.5, 0.6) is 0 Å². The highest BCUT2D eigenvalue weighted by molar-refractivity contribution is 5.92. The van der Waals surface area contributed by atoms with Crippen molar-refractivity contribution in [1.29, 1.82) is 0 Å². The van der Waals surface area contributed by atoms with Gasteiger partial charge in [0.2, 0.25) is 5.91 Å². The average Bonchev–Trinajstić information content (AvgIpc) is 2.94. The number of carbonyl (C=O) groups is 2. The summed E-state index contributed by atoms with van der Waals surface area (Å²) in [6.07, 6.45) is 1.12. The maximum atomic E-state index is 12.5. The number of hydrogen-bond donors (Lipinski definition) is 1. The summed E-state index contributed by atoms with van der Waals surface area (Å²) in [7, 11) is 0. The van der Waals surface area contributed by atoms with Crippen LogP contribution >= 0.6 is 0 Å². The molecule has 1 N–H and O–H groups in total. The van der Waals surface area contributed by atoms with E-state index in [2.05, 4.69) is 10.5 Å². The van der Waals surface area contributed by atoms with Gasteiger partial charge in [-0.05, 0) is 33.6 Å². The Kier molecular flexibility index (Phi) is 5.44. The van der Waals surface area contributed by atoms with Crippen molar-refractivity contribution in [2.24, 2.45) is 5.92 Å². The number of amides is 2. The molecule has 25 heavy (non-hydrogen) atoms. The van der Waals surface area contributed by atoms with Gasteiger partial charge >= 0.3 is 6.09 Å². The van der Waals surface area contributed by atoms with Crippen molar-refractivity contribution in [3.8, 4) is 0 Å². The molecule has 1 aliphatic heterocycles. The molecule has 1 fully saturated rings. The lowest BCUT2D eigenvalue weighted by atomic mass is 9.93. The Morgan fingerprint density at radius 3 is 2.52 bits per heavy atom. The maximum absolute atomic E-state index is 12.5. The van der Waals surface area contributed by atoms with Gasteiger partial charge in [0, 0.05) is 24.6 Å². The molecule has 1 saturated heterocycles. The summed E-state index contributed by atoms with van der Waals surface area (Å²) in [6.45, 7) is 12.5. The summed E-state index contributed by atoms with van der Waals surface area (Å²) < 4.78 is 10.7. The van der Waals surface area contributed by atoms with Crippen molar-refractivity contribution < 1.29 is 18.8 Å². The molecule has 1 aromatic heterocycles. The quantitative estimate of drug-likeness (QED) is 0.880. The highest BCUT2D eigenvalue weighted by Crippen LogP contribution is 2.25. The zero-order valence-electron chi connectivity index (χ0n) is 16.0. The standard InChI is InChI=1S/C18H29N3O4/c1-17(2,3)13-10-14(20-25-13)19-15(22)12-8-7-9-21(11-12)16(23)24-18(4,5)6/h10,12H,7-9,11H2,1-6H3,(H,19,20,22). The van der Waals surface area contributed by atoms with Gasteiger partial charge in [0.05, 0.1) is 5.92 Å². The number of rotatable bonds is 2. The van der Waals surface area contributed by atoms with Crippen LogP contribution in [0.3, 0.4) is 0 Å². The number of ether oxygens (including phenoxy) is 1. The Hall–Kier alpha value is -2.05. The van der Waals surface area contributed by atoms with Crippen LogP contribution in [-0.2, 0) is 14.9 Å². The Morgan fingerprint density at radius 2 is 1.96 bits per heavy atom. The van der Waals surface area contributed by atoms with Crippen LogP contribution in [0.2, 0.25) is 0 Å². The van der Waals surface area contributed by atoms with Crippen molar-refractivity contribution in [3.63, 3.8) is 0 Å². The van der Waals surface area contributed by atoms with Crippen molar-refractivity contribution in [2.75, 3.05) is 18.4 Å². The Bertz CT molecular complexity index is 625. The van der Waals surface area contributed by atoms with Crippen LogP contribution in [0.1, 0.15) is 60.1 Å². The molecule has 1 atom stereocenters. The number of anilines is 1. The zero-order chi connectivity index (χ0) is 18.8. The SMILES string of the molecule is CC(C)(C)OC(=O)N1CCCC(C(=O)Nc2cc(C(C)(C)C)on2)C1. The fourth-order valence-electron chi connectivity index (χ4n) is 2.60. The molecule has 0 radical (unpaired) electrons. The number of carbonyl (C=O) groups excluding carboxylic acids is 2. The lowest BCUT2D eigenvalue weighted by molar-refractivity contribution is -0.121. The minimum Gasteiger partial charge on any atom is -0.444 e. The number of nitrogens with zero attached hydrogens (tertiary/aromatic N) is 2. The molecule has 2 heterocycles. The summed E-state index contributed by atoms with van der Waals surface area (Å²) in [4.78, 5) is 26.3. The molecular formula is C18H29N3O4. The highest BCUT2D eigenvalue weighted by atomic mass is 16.6. The molecular weight excluding hydrogens is 322 g/mol. The van der Waals surface area contributed by atoms with Gasteiger partial charge in [0.15, 0.2) is 5.82 Å². The number of aromatic nitrogens is 1. The molecule has 140 valence electrons. The van der Waals surface area contributed by atoms with E-state index in [4.69, 9.17) is 9.26 Å². The number of piperidine rings is 1. The minimum atomic E-state index is -0.545. The van der Waals surface area contributed by atoms with E-state index in [0.717, 1.165) is 12.8 Å². The van der Waals surface area contributed by atoms with Crippen LogP contribution in [0.15, 0.2) is 10.6 Å². The molecule has 0 spiro atoms. The summed E-state index contributed by atoms with van der Waals surface area (Å²) in [5, 5.41) is 6.70. The van der Waals surface area contributed by atoms with Crippen molar-refractivity contribution in [2.45, 2.75) is 65.4 Å². The number of likely N-dealkylation sites (tertiary alicyclic amines) is 1. The van der Waals surface area contributed by atoms with Gasteiger partial charge in [0.25, 0.3) is 0 Å². The summed E-state index contributed by atoms with van der Waals surface area (Å²) in [5.74, 6) is 0.684. The second kappa shape index (κ2) is 7.06. The summed E-state index contributed by atoms with van der Waals surface area (Å²) >= 11 is 0.